The number of anilines is 1. The average molecular weight is 329 g/mol. The molecule has 0 spiro atoms. The van der Waals surface area contributed by atoms with Crippen molar-refractivity contribution in [3.63, 3.8) is 0 Å². The van der Waals surface area contributed by atoms with Gasteiger partial charge in [-0.15, -0.1) is 0 Å². The van der Waals surface area contributed by atoms with Crippen LogP contribution in [-0.4, -0.2) is 22.9 Å². The van der Waals surface area contributed by atoms with Crippen molar-refractivity contribution in [1.29, 1.82) is 0 Å². The summed E-state index contributed by atoms with van der Waals surface area (Å²) in [5, 5.41) is 19.6. The highest BCUT2D eigenvalue weighted by atomic mass is 16.5. The average Bonchev–Trinajstić information content (AvgIpc) is 2.86. The van der Waals surface area contributed by atoms with Gasteiger partial charge in [-0.05, 0) is 32.3 Å². The van der Waals surface area contributed by atoms with E-state index in [1.807, 2.05) is 30.3 Å². The first-order valence-electron chi connectivity index (χ1n) is 8.22. The number of benzene rings is 1. The van der Waals surface area contributed by atoms with Gasteiger partial charge in [-0.25, -0.2) is 4.79 Å². The topological polar surface area (TPSA) is 87.4 Å². The van der Waals surface area contributed by atoms with Crippen LogP contribution in [-0.2, 0) is 0 Å². The van der Waals surface area contributed by atoms with E-state index in [0.29, 0.717) is 17.1 Å². The zero-order valence-electron chi connectivity index (χ0n) is 14.0. The molecule has 1 aliphatic carbocycles. The Labute approximate surface area is 141 Å². The zero-order valence-corrected chi connectivity index (χ0v) is 14.0. The fourth-order valence-corrected chi connectivity index (χ4v) is 3.35. The molecule has 1 fully saturated rings. The van der Waals surface area contributed by atoms with E-state index < -0.39 is 0 Å². The number of nitrogens with one attached hydrogen (secondary N) is 2. The lowest BCUT2D eigenvalue weighted by molar-refractivity contribution is 0.00969. The molecule has 1 aromatic carbocycles. The van der Waals surface area contributed by atoms with Gasteiger partial charge in [0.2, 0.25) is 0 Å². The molecule has 1 aliphatic rings. The lowest BCUT2D eigenvalue weighted by atomic mass is 9.63. The largest absolute Gasteiger partial charge is 0.396 e. The molecule has 0 radical (unpaired) electrons. The first kappa shape index (κ1) is 16.5. The maximum absolute atomic E-state index is 12.5. The quantitative estimate of drug-likeness (QED) is 0.785. The maximum Gasteiger partial charge on any atom is 0.319 e. The Morgan fingerprint density at radius 3 is 2.54 bits per heavy atom. The molecule has 1 heterocycles. The SMILES string of the molecule is Cc1noc(C)c1NC(=O)NC(c1ccccc1)C1(CO)CCC1. The lowest BCUT2D eigenvalue weighted by Gasteiger charge is -2.46. The van der Waals surface area contributed by atoms with Gasteiger partial charge in [-0.2, -0.15) is 0 Å². The number of aliphatic hydroxyl groups is 1. The number of carbonyl (C=O) groups is 1. The predicted molar refractivity (Wildman–Crippen MR) is 90.7 cm³/mol. The van der Waals surface area contributed by atoms with Crippen LogP contribution in [0.4, 0.5) is 10.5 Å². The Kier molecular flexibility index (Phi) is 4.57. The Morgan fingerprint density at radius 1 is 1.33 bits per heavy atom. The van der Waals surface area contributed by atoms with Crippen molar-refractivity contribution in [1.82, 2.24) is 10.5 Å². The Morgan fingerprint density at radius 2 is 2.04 bits per heavy atom. The molecule has 6 nitrogen and oxygen atoms in total. The van der Waals surface area contributed by atoms with Crippen LogP contribution in [0.3, 0.4) is 0 Å². The van der Waals surface area contributed by atoms with Gasteiger partial charge in [-0.1, -0.05) is 41.9 Å². The van der Waals surface area contributed by atoms with Crippen molar-refractivity contribution in [3.8, 4) is 0 Å². The highest BCUT2D eigenvalue weighted by Crippen LogP contribution is 2.49. The molecular formula is C18H23N3O3. The van der Waals surface area contributed by atoms with E-state index in [1.54, 1.807) is 13.8 Å². The van der Waals surface area contributed by atoms with Crippen LogP contribution in [0.5, 0.6) is 0 Å². The third-order valence-electron chi connectivity index (χ3n) is 4.96. The van der Waals surface area contributed by atoms with Crippen molar-refractivity contribution in [2.45, 2.75) is 39.2 Å². The van der Waals surface area contributed by atoms with Crippen LogP contribution in [0.2, 0.25) is 0 Å². The lowest BCUT2D eigenvalue weighted by Crippen LogP contribution is -2.48. The molecule has 2 aromatic rings. The summed E-state index contributed by atoms with van der Waals surface area (Å²) in [6.45, 7) is 3.59. The van der Waals surface area contributed by atoms with Crippen molar-refractivity contribution >= 4 is 11.7 Å². The van der Waals surface area contributed by atoms with Crippen molar-refractivity contribution < 1.29 is 14.4 Å². The molecule has 1 atom stereocenters. The second-order valence-electron chi connectivity index (χ2n) is 6.52. The van der Waals surface area contributed by atoms with Gasteiger partial charge in [0.1, 0.15) is 11.4 Å². The molecule has 0 saturated heterocycles. The highest BCUT2D eigenvalue weighted by Gasteiger charge is 2.45. The van der Waals surface area contributed by atoms with Crippen LogP contribution >= 0.6 is 0 Å². The molecule has 0 bridgehead atoms. The highest BCUT2D eigenvalue weighted by molar-refractivity contribution is 5.90. The van der Waals surface area contributed by atoms with Crippen LogP contribution in [0.25, 0.3) is 0 Å². The third-order valence-corrected chi connectivity index (χ3v) is 4.96. The van der Waals surface area contributed by atoms with Crippen LogP contribution in [0, 0.1) is 19.3 Å². The summed E-state index contributed by atoms with van der Waals surface area (Å²) < 4.78 is 5.07. The number of aromatic nitrogens is 1. The normalized spacial score (nSPS) is 17.0. The predicted octanol–water partition coefficient (Wildman–Crippen LogP) is 3.32. The Bertz CT molecular complexity index is 683. The molecule has 1 unspecified atom stereocenters. The molecule has 0 aliphatic heterocycles. The smallest absolute Gasteiger partial charge is 0.319 e. The molecule has 6 heteroatoms. The third kappa shape index (κ3) is 3.01. The molecule has 3 rings (SSSR count). The van der Waals surface area contributed by atoms with Gasteiger partial charge in [0.05, 0.1) is 12.6 Å². The summed E-state index contributed by atoms with van der Waals surface area (Å²) in [5.74, 6) is 0.569. The van der Waals surface area contributed by atoms with Crippen molar-refractivity contribution in [2.24, 2.45) is 5.41 Å². The number of amides is 2. The van der Waals surface area contributed by atoms with Crippen molar-refractivity contribution in [3.05, 3.63) is 47.3 Å². The Balaban J connectivity index is 1.81. The van der Waals surface area contributed by atoms with Crippen LogP contribution in [0.1, 0.15) is 42.3 Å². The van der Waals surface area contributed by atoms with E-state index in [-0.39, 0.29) is 24.1 Å². The van der Waals surface area contributed by atoms with Gasteiger partial charge in [0, 0.05) is 5.41 Å². The van der Waals surface area contributed by atoms with E-state index in [0.717, 1.165) is 24.8 Å². The molecular weight excluding hydrogens is 306 g/mol. The van der Waals surface area contributed by atoms with Crippen LogP contribution < -0.4 is 10.6 Å². The maximum atomic E-state index is 12.5. The van der Waals surface area contributed by atoms with Gasteiger partial charge in [0.25, 0.3) is 0 Å². The van der Waals surface area contributed by atoms with Gasteiger partial charge >= 0.3 is 6.03 Å². The number of urea groups is 1. The summed E-state index contributed by atoms with van der Waals surface area (Å²) >= 11 is 0. The van der Waals surface area contributed by atoms with E-state index in [9.17, 15) is 9.90 Å². The molecule has 128 valence electrons. The van der Waals surface area contributed by atoms with Gasteiger partial charge in [0.15, 0.2) is 5.76 Å². The zero-order chi connectivity index (χ0) is 17.2. The first-order chi connectivity index (χ1) is 11.6. The van der Waals surface area contributed by atoms with Gasteiger partial charge < -0.3 is 20.3 Å². The minimum Gasteiger partial charge on any atom is -0.396 e. The van der Waals surface area contributed by atoms with E-state index in [4.69, 9.17) is 4.52 Å². The number of hydrogen-bond donors (Lipinski definition) is 3. The summed E-state index contributed by atoms with van der Waals surface area (Å²) in [7, 11) is 0. The molecule has 2 amide bonds. The summed E-state index contributed by atoms with van der Waals surface area (Å²) in [4.78, 5) is 12.5. The van der Waals surface area contributed by atoms with E-state index >= 15 is 0 Å². The fourth-order valence-electron chi connectivity index (χ4n) is 3.35. The van der Waals surface area contributed by atoms with Crippen molar-refractivity contribution in [2.75, 3.05) is 11.9 Å². The number of nitrogens with zero attached hydrogens (tertiary/aromatic N) is 1. The summed E-state index contributed by atoms with van der Waals surface area (Å²) in [6, 6.07) is 9.24. The monoisotopic (exact) mass is 329 g/mol. The van der Waals surface area contributed by atoms with E-state index in [1.165, 1.54) is 0 Å². The van der Waals surface area contributed by atoms with E-state index in [2.05, 4.69) is 15.8 Å². The summed E-state index contributed by atoms with van der Waals surface area (Å²) in [5.41, 5.74) is 1.93. The number of rotatable bonds is 5. The number of hydrogen-bond acceptors (Lipinski definition) is 4. The first-order valence-corrected chi connectivity index (χ1v) is 8.22. The number of aliphatic hydroxyl groups excluding tert-OH is 1. The number of aryl methyl sites for hydroxylation is 2. The second kappa shape index (κ2) is 6.65. The second-order valence-corrected chi connectivity index (χ2v) is 6.52. The molecule has 3 N–H and O–H groups in total. The minimum absolute atomic E-state index is 0.0537. The number of carbonyl (C=O) groups excluding carboxylic acids is 1. The molecule has 24 heavy (non-hydrogen) atoms. The minimum atomic E-state index is -0.321. The Hall–Kier alpha value is -2.34. The molecule has 1 aromatic heterocycles. The molecule has 1 saturated carbocycles. The van der Waals surface area contributed by atoms with Crippen LogP contribution in [0.15, 0.2) is 34.9 Å². The summed E-state index contributed by atoms with van der Waals surface area (Å²) in [6.07, 6.45) is 2.86. The fraction of sp³-hybridized carbons (Fsp3) is 0.444. The standard InChI is InChI=1S/C18H23N3O3/c1-12-15(13(2)24-21-12)19-17(23)20-16(14-7-4-3-5-8-14)18(11-22)9-6-10-18/h3-5,7-8,16,22H,6,9-11H2,1-2H3,(H2,19,20,23). The van der Waals surface area contributed by atoms with Gasteiger partial charge in [-0.3, -0.25) is 0 Å².